The van der Waals surface area contributed by atoms with Gasteiger partial charge in [0, 0.05) is 0 Å². The van der Waals surface area contributed by atoms with E-state index in [2.05, 4.69) is 0 Å². The molecule has 2 rings (SSSR count). The van der Waals surface area contributed by atoms with Crippen molar-refractivity contribution in [3.63, 3.8) is 0 Å². The molecule has 0 bridgehead atoms. The van der Waals surface area contributed by atoms with Crippen LogP contribution in [-0.4, -0.2) is 12.5 Å². The molecule has 1 saturated carbocycles. The van der Waals surface area contributed by atoms with Crippen molar-refractivity contribution in [2.75, 3.05) is 6.54 Å². The average molecular weight is 205 g/mol. The lowest BCUT2D eigenvalue weighted by Crippen LogP contribution is -2.11. The molecule has 0 aromatic heterocycles. The summed E-state index contributed by atoms with van der Waals surface area (Å²) in [5.74, 6) is 0.307. The second-order valence-electron chi connectivity index (χ2n) is 3.93. The lowest BCUT2D eigenvalue weighted by Gasteiger charge is -2.03. The van der Waals surface area contributed by atoms with Crippen LogP contribution in [0.25, 0.3) is 0 Å². The summed E-state index contributed by atoms with van der Waals surface area (Å²) in [6, 6.07) is 9.70. The highest BCUT2D eigenvalue weighted by atomic mass is 16.5. The van der Waals surface area contributed by atoms with Crippen LogP contribution in [0, 0.1) is 11.8 Å². The molecular weight excluding hydrogens is 190 g/mol. The van der Waals surface area contributed by atoms with Gasteiger partial charge in [-0.1, -0.05) is 30.3 Å². The summed E-state index contributed by atoms with van der Waals surface area (Å²) in [5, 5.41) is 0. The van der Waals surface area contributed by atoms with Gasteiger partial charge in [-0.2, -0.15) is 0 Å². The molecule has 0 heterocycles. The van der Waals surface area contributed by atoms with Gasteiger partial charge in [-0.3, -0.25) is 4.79 Å². The van der Waals surface area contributed by atoms with E-state index in [1.165, 1.54) is 0 Å². The molecule has 0 spiro atoms. The van der Waals surface area contributed by atoms with Gasteiger partial charge >= 0.3 is 5.97 Å². The maximum Gasteiger partial charge on any atom is 0.309 e. The Morgan fingerprint density at radius 1 is 1.40 bits per heavy atom. The summed E-state index contributed by atoms with van der Waals surface area (Å²) in [6.45, 7) is 0.957. The molecule has 0 amide bonds. The Hall–Kier alpha value is -1.35. The number of hydrogen-bond acceptors (Lipinski definition) is 3. The summed E-state index contributed by atoms with van der Waals surface area (Å²) >= 11 is 0. The van der Waals surface area contributed by atoms with Crippen molar-refractivity contribution in [2.24, 2.45) is 17.6 Å². The molecule has 0 radical (unpaired) electrons. The molecular formula is C12H15NO2. The number of esters is 1. The lowest BCUT2D eigenvalue weighted by molar-refractivity contribution is -0.146. The summed E-state index contributed by atoms with van der Waals surface area (Å²) in [5.41, 5.74) is 6.49. The Labute approximate surface area is 89.2 Å². The summed E-state index contributed by atoms with van der Waals surface area (Å²) in [4.78, 5) is 11.5. The predicted octanol–water partition coefficient (Wildman–Crippen LogP) is 1.32. The van der Waals surface area contributed by atoms with Crippen LogP contribution in [0.4, 0.5) is 0 Å². The Bertz CT molecular complexity index is 337. The zero-order valence-electron chi connectivity index (χ0n) is 8.56. The van der Waals surface area contributed by atoms with Gasteiger partial charge in [0.05, 0.1) is 5.92 Å². The van der Waals surface area contributed by atoms with Crippen LogP contribution in [0.5, 0.6) is 0 Å². The minimum Gasteiger partial charge on any atom is -0.461 e. The van der Waals surface area contributed by atoms with Gasteiger partial charge in [-0.05, 0) is 24.4 Å². The van der Waals surface area contributed by atoms with E-state index in [0.717, 1.165) is 12.0 Å². The van der Waals surface area contributed by atoms with E-state index >= 15 is 0 Å². The quantitative estimate of drug-likeness (QED) is 0.754. The number of carbonyl (C=O) groups is 1. The molecule has 80 valence electrons. The maximum absolute atomic E-state index is 11.5. The molecule has 1 aliphatic rings. The second-order valence-corrected chi connectivity index (χ2v) is 3.93. The van der Waals surface area contributed by atoms with Crippen LogP contribution >= 0.6 is 0 Å². The first-order valence-electron chi connectivity index (χ1n) is 5.22. The zero-order valence-corrected chi connectivity index (χ0v) is 8.56. The fraction of sp³-hybridized carbons (Fsp3) is 0.417. The lowest BCUT2D eigenvalue weighted by atomic mass is 10.2. The molecule has 1 aliphatic carbocycles. The second kappa shape index (κ2) is 4.45. The van der Waals surface area contributed by atoms with Crippen molar-refractivity contribution >= 4 is 5.97 Å². The first-order valence-corrected chi connectivity index (χ1v) is 5.22. The molecule has 2 N–H and O–H groups in total. The third-order valence-corrected chi connectivity index (χ3v) is 2.75. The van der Waals surface area contributed by atoms with Crippen LogP contribution < -0.4 is 5.73 Å². The van der Waals surface area contributed by atoms with Gasteiger partial charge in [0.15, 0.2) is 0 Å². The van der Waals surface area contributed by atoms with Gasteiger partial charge < -0.3 is 10.5 Å². The van der Waals surface area contributed by atoms with Crippen LogP contribution in [0.3, 0.4) is 0 Å². The Morgan fingerprint density at radius 2 is 2.13 bits per heavy atom. The van der Waals surface area contributed by atoms with Crippen LogP contribution in [0.2, 0.25) is 0 Å². The average Bonchev–Trinajstić information content (AvgIpc) is 3.06. The molecule has 1 aromatic carbocycles. The Morgan fingerprint density at radius 3 is 2.73 bits per heavy atom. The molecule has 0 unspecified atom stereocenters. The third-order valence-electron chi connectivity index (χ3n) is 2.75. The molecule has 3 heteroatoms. The number of benzene rings is 1. The van der Waals surface area contributed by atoms with Crippen molar-refractivity contribution < 1.29 is 9.53 Å². The predicted molar refractivity (Wildman–Crippen MR) is 56.9 cm³/mol. The van der Waals surface area contributed by atoms with E-state index < -0.39 is 0 Å². The minimum atomic E-state index is -0.102. The number of hydrogen-bond donors (Lipinski definition) is 1. The van der Waals surface area contributed by atoms with Gasteiger partial charge in [0.1, 0.15) is 6.61 Å². The largest absolute Gasteiger partial charge is 0.461 e. The first-order chi connectivity index (χ1) is 7.31. The first kappa shape index (κ1) is 10.2. The van der Waals surface area contributed by atoms with Crippen molar-refractivity contribution in [2.45, 2.75) is 13.0 Å². The van der Waals surface area contributed by atoms with E-state index in [1.807, 2.05) is 30.3 Å². The topological polar surface area (TPSA) is 52.3 Å². The summed E-state index contributed by atoms with van der Waals surface area (Å²) in [7, 11) is 0. The van der Waals surface area contributed by atoms with E-state index in [4.69, 9.17) is 10.5 Å². The molecule has 0 saturated heterocycles. The molecule has 1 aromatic rings. The number of ether oxygens (including phenoxy) is 1. The van der Waals surface area contributed by atoms with Gasteiger partial charge in [-0.25, -0.2) is 0 Å². The highest BCUT2D eigenvalue weighted by Crippen LogP contribution is 2.38. The SMILES string of the molecule is NC[C@@H]1C[C@@H]1C(=O)OCc1ccccc1. The van der Waals surface area contributed by atoms with Crippen LogP contribution in [0.1, 0.15) is 12.0 Å². The maximum atomic E-state index is 11.5. The monoisotopic (exact) mass is 205 g/mol. The highest BCUT2D eigenvalue weighted by molar-refractivity contribution is 5.75. The van der Waals surface area contributed by atoms with E-state index in [9.17, 15) is 4.79 Å². The fourth-order valence-corrected chi connectivity index (χ4v) is 1.63. The Balaban J connectivity index is 1.77. The fourth-order valence-electron chi connectivity index (χ4n) is 1.63. The third kappa shape index (κ3) is 2.57. The van der Waals surface area contributed by atoms with Crippen molar-refractivity contribution in [1.82, 2.24) is 0 Å². The van der Waals surface area contributed by atoms with E-state index in [1.54, 1.807) is 0 Å². The molecule has 3 nitrogen and oxygen atoms in total. The van der Waals surface area contributed by atoms with E-state index in [0.29, 0.717) is 19.1 Å². The van der Waals surface area contributed by atoms with Crippen molar-refractivity contribution in [3.8, 4) is 0 Å². The highest BCUT2D eigenvalue weighted by Gasteiger charge is 2.42. The molecule has 15 heavy (non-hydrogen) atoms. The zero-order chi connectivity index (χ0) is 10.7. The number of carbonyl (C=O) groups excluding carboxylic acids is 1. The minimum absolute atomic E-state index is 0.0544. The van der Waals surface area contributed by atoms with Crippen LogP contribution in [-0.2, 0) is 16.1 Å². The molecule has 0 aliphatic heterocycles. The molecule has 1 fully saturated rings. The standard InChI is InChI=1S/C12H15NO2/c13-7-10-6-11(10)12(14)15-8-9-4-2-1-3-5-9/h1-5,10-11H,6-8,13H2/t10-,11-/m0/s1. The normalized spacial score (nSPS) is 23.5. The summed E-state index contributed by atoms with van der Waals surface area (Å²) < 4.78 is 5.19. The van der Waals surface area contributed by atoms with Crippen molar-refractivity contribution in [1.29, 1.82) is 0 Å². The summed E-state index contributed by atoms with van der Waals surface area (Å²) in [6.07, 6.45) is 0.893. The van der Waals surface area contributed by atoms with E-state index in [-0.39, 0.29) is 11.9 Å². The van der Waals surface area contributed by atoms with Gasteiger partial charge in [0.25, 0.3) is 0 Å². The Kier molecular flexibility index (Phi) is 3.02. The van der Waals surface area contributed by atoms with Crippen LogP contribution in [0.15, 0.2) is 30.3 Å². The van der Waals surface area contributed by atoms with Gasteiger partial charge in [0.2, 0.25) is 0 Å². The van der Waals surface area contributed by atoms with Gasteiger partial charge in [-0.15, -0.1) is 0 Å². The smallest absolute Gasteiger partial charge is 0.309 e. The van der Waals surface area contributed by atoms with Crippen molar-refractivity contribution in [3.05, 3.63) is 35.9 Å². The number of nitrogens with two attached hydrogens (primary N) is 1. The molecule has 2 atom stereocenters. The number of rotatable bonds is 4.